The minimum atomic E-state index is 0.663. The molecule has 23 heavy (non-hydrogen) atoms. The van der Waals surface area contributed by atoms with E-state index in [0.717, 1.165) is 20.2 Å². The molecule has 0 aliphatic carbocycles. The zero-order valence-corrected chi connectivity index (χ0v) is 16.6. The maximum atomic E-state index is 5.44. The summed E-state index contributed by atoms with van der Waals surface area (Å²) >= 11 is 6.98. The van der Waals surface area contributed by atoms with Crippen LogP contribution in [0.1, 0.15) is 16.7 Å². The molecule has 0 saturated heterocycles. The lowest BCUT2D eigenvalue weighted by Crippen LogP contribution is -1.98. The molecule has 0 aliphatic heterocycles. The van der Waals surface area contributed by atoms with Crippen molar-refractivity contribution in [2.75, 3.05) is 19.6 Å². The standard InChI is InChI=1S/C17H18Br2N2O2/c1-10-5-6-13(7-11(10)2)21-20-9-12-8-14(18)17(23-4)15(19)16(12)22-3/h5-9,21H,1-4H3/b20-9+. The molecular weight excluding hydrogens is 424 g/mol. The zero-order valence-electron chi connectivity index (χ0n) is 13.4. The molecule has 0 atom stereocenters. The number of aryl methyl sites for hydroxylation is 2. The number of hydrogen-bond donors (Lipinski definition) is 1. The Balaban J connectivity index is 2.26. The largest absolute Gasteiger partial charge is 0.495 e. The van der Waals surface area contributed by atoms with Gasteiger partial charge in [-0.1, -0.05) is 6.07 Å². The summed E-state index contributed by atoms with van der Waals surface area (Å²) in [5.41, 5.74) is 7.27. The van der Waals surface area contributed by atoms with Gasteiger partial charge in [0.15, 0.2) is 5.75 Å². The van der Waals surface area contributed by atoms with E-state index in [1.165, 1.54) is 11.1 Å². The Hall–Kier alpha value is -1.53. The van der Waals surface area contributed by atoms with Crippen molar-refractivity contribution in [3.63, 3.8) is 0 Å². The molecule has 0 spiro atoms. The lowest BCUT2D eigenvalue weighted by Gasteiger charge is -2.13. The second-order valence-corrected chi connectivity index (χ2v) is 6.64. The number of hydrazone groups is 1. The van der Waals surface area contributed by atoms with E-state index in [-0.39, 0.29) is 0 Å². The molecule has 0 unspecified atom stereocenters. The number of hydrogen-bond acceptors (Lipinski definition) is 4. The molecule has 0 heterocycles. The monoisotopic (exact) mass is 440 g/mol. The first-order valence-corrected chi connectivity index (χ1v) is 8.52. The smallest absolute Gasteiger partial charge is 0.151 e. The molecule has 1 N–H and O–H groups in total. The molecule has 0 saturated carbocycles. The summed E-state index contributed by atoms with van der Waals surface area (Å²) in [6.45, 7) is 4.16. The van der Waals surface area contributed by atoms with Crippen LogP contribution in [-0.4, -0.2) is 20.4 Å². The number of nitrogens with zero attached hydrogens (tertiary/aromatic N) is 1. The topological polar surface area (TPSA) is 42.8 Å². The van der Waals surface area contributed by atoms with E-state index in [0.29, 0.717) is 11.5 Å². The van der Waals surface area contributed by atoms with Gasteiger partial charge in [0.1, 0.15) is 10.2 Å². The van der Waals surface area contributed by atoms with Crippen LogP contribution in [0.3, 0.4) is 0 Å². The predicted molar refractivity (Wildman–Crippen MR) is 102 cm³/mol. The van der Waals surface area contributed by atoms with Gasteiger partial charge in [-0.25, -0.2) is 0 Å². The SMILES string of the molecule is COc1c(Br)cc(/C=N/Nc2ccc(C)c(C)c2)c(OC)c1Br. The van der Waals surface area contributed by atoms with Crippen LogP contribution >= 0.6 is 31.9 Å². The fourth-order valence-corrected chi connectivity index (χ4v) is 3.72. The Morgan fingerprint density at radius 1 is 1.00 bits per heavy atom. The first-order chi connectivity index (χ1) is 11.0. The van der Waals surface area contributed by atoms with Gasteiger partial charge in [-0.2, -0.15) is 5.10 Å². The number of ether oxygens (including phenoxy) is 2. The molecule has 2 aromatic rings. The number of halogens is 2. The van der Waals surface area contributed by atoms with Crippen LogP contribution in [0.2, 0.25) is 0 Å². The maximum Gasteiger partial charge on any atom is 0.151 e. The van der Waals surface area contributed by atoms with Crippen molar-refractivity contribution in [3.05, 3.63) is 49.9 Å². The molecule has 2 aromatic carbocycles. The van der Waals surface area contributed by atoms with Crippen LogP contribution in [0, 0.1) is 13.8 Å². The summed E-state index contributed by atoms with van der Waals surface area (Å²) in [4.78, 5) is 0. The maximum absolute atomic E-state index is 5.44. The molecule has 122 valence electrons. The lowest BCUT2D eigenvalue weighted by molar-refractivity contribution is 0.387. The van der Waals surface area contributed by atoms with Crippen molar-refractivity contribution in [3.8, 4) is 11.5 Å². The number of benzene rings is 2. The van der Waals surface area contributed by atoms with Crippen molar-refractivity contribution in [2.45, 2.75) is 13.8 Å². The Labute approximate surface area is 153 Å². The number of methoxy groups -OCH3 is 2. The average molecular weight is 442 g/mol. The van der Waals surface area contributed by atoms with Crippen LogP contribution in [0.25, 0.3) is 0 Å². The van der Waals surface area contributed by atoms with Crippen molar-refractivity contribution >= 4 is 43.8 Å². The Morgan fingerprint density at radius 2 is 1.70 bits per heavy atom. The summed E-state index contributed by atoms with van der Waals surface area (Å²) in [6, 6.07) is 8.02. The van der Waals surface area contributed by atoms with Gasteiger partial charge in [-0.3, -0.25) is 5.43 Å². The van der Waals surface area contributed by atoms with Gasteiger partial charge >= 0.3 is 0 Å². The highest BCUT2D eigenvalue weighted by molar-refractivity contribution is 9.11. The number of nitrogens with one attached hydrogen (secondary N) is 1. The number of anilines is 1. The second kappa shape index (κ2) is 7.84. The van der Waals surface area contributed by atoms with E-state index >= 15 is 0 Å². The van der Waals surface area contributed by atoms with Crippen molar-refractivity contribution in [2.24, 2.45) is 5.10 Å². The summed E-state index contributed by atoms with van der Waals surface area (Å²) < 4.78 is 12.3. The van der Waals surface area contributed by atoms with Gasteiger partial charge in [0.05, 0.1) is 30.6 Å². The third kappa shape index (κ3) is 4.06. The molecule has 0 radical (unpaired) electrons. The van der Waals surface area contributed by atoms with Crippen LogP contribution < -0.4 is 14.9 Å². The third-order valence-corrected chi connectivity index (χ3v) is 4.78. The quantitative estimate of drug-likeness (QED) is 0.506. The zero-order chi connectivity index (χ0) is 17.0. The minimum absolute atomic E-state index is 0.663. The molecule has 0 bridgehead atoms. The summed E-state index contributed by atoms with van der Waals surface area (Å²) in [5.74, 6) is 1.34. The molecule has 0 aliphatic rings. The van der Waals surface area contributed by atoms with Gasteiger partial charge in [0, 0.05) is 5.56 Å². The molecule has 0 aromatic heterocycles. The van der Waals surface area contributed by atoms with Crippen molar-refractivity contribution in [1.82, 2.24) is 0 Å². The Morgan fingerprint density at radius 3 is 2.30 bits per heavy atom. The van der Waals surface area contributed by atoms with E-state index in [2.05, 4.69) is 68.4 Å². The van der Waals surface area contributed by atoms with Gasteiger partial charge in [-0.15, -0.1) is 0 Å². The minimum Gasteiger partial charge on any atom is -0.495 e. The average Bonchev–Trinajstić information content (AvgIpc) is 2.51. The highest BCUT2D eigenvalue weighted by atomic mass is 79.9. The first-order valence-electron chi connectivity index (χ1n) is 6.94. The molecule has 0 fully saturated rings. The first kappa shape index (κ1) is 17.8. The van der Waals surface area contributed by atoms with Crippen molar-refractivity contribution in [1.29, 1.82) is 0 Å². The Bertz CT molecular complexity index is 746. The molecule has 6 heteroatoms. The third-order valence-electron chi connectivity index (χ3n) is 3.47. The normalized spacial score (nSPS) is 10.9. The fraction of sp³-hybridized carbons (Fsp3) is 0.235. The van der Waals surface area contributed by atoms with Gasteiger partial charge in [0.25, 0.3) is 0 Å². The van der Waals surface area contributed by atoms with Crippen LogP contribution in [0.15, 0.2) is 38.3 Å². The highest BCUT2D eigenvalue weighted by Crippen LogP contribution is 2.42. The van der Waals surface area contributed by atoms with Crippen LogP contribution in [0.5, 0.6) is 11.5 Å². The molecule has 2 rings (SSSR count). The molecule has 4 nitrogen and oxygen atoms in total. The highest BCUT2D eigenvalue weighted by Gasteiger charge is 2.15. The van der Waals surface area contributed by atoms with Gasteiger partial charge in [0.2, 0.25) is 0 Å². The van der Waals surface area contributed by atoms with E-state index in [4.69, 9.17) is 9.47 Å². The van der Waals surface area contributed by atoms with Crippen molar-refractivity contribution < 1.29 is 9.47 Å². The van der Waals surface area contributed by atoms with Crippen LogP contribution in [-0.2, 0) is 0 Å². The van der Waals surface area contributed by atoms with Gasteiger partial charge in [-0.05, 0) is 75.0 Å². The second-order valence-electron chi connectivity index (χ2n) is 5.00. The summed E-state index contributed by atoms with van der Waals surface area (Å²) in [5, 5.41) is 4.29. The molecule has 0 amide bonds. The van der Waals surface area contributed by atoms with Crippen LogP contribution in [0.4, 0.5) is 5.69 Å². The van der Waals surface area contributed by atoms with E-state index in [1.54, 1.807) is 20.4 Å². The summed E-state index contributed by atoms with van der Waals surface area (Å²) in [6.07, 6.45) is 1.71. The van der Waals surface area contributed by atoms with Gasteiger partial charge < -0.3 is 9.47 Å². The fourth-order valence-electron chi connectivity index (χ4n) is 2.08. The van der Waals surface area contributed by atoms with E-state index in [1.807, 2.05) is 12.1 Å². The predicted octanol–water partition coefficient (Wildman–Crippen LogP) is 5.29. The summed E-state index contributed by atoms with van der Waals surface area (Å²) in [7, 11) is 3.22. The number of rotatable bonds is 5. The lowest BCUT2D eigenvalue weighted by atomic mass is 10.1. The van der Waals surface area contributed by atoms with E-state index in [9.17, 15) is 0 Å². The Kier molecular flexibility index (Phi) is 6.07. The molecular formula is C17H18Br2N2O2. The van der Waals surface area contributed by atoms with E-state index < -0.39 is 0 Å².